The molecule has 10 nitrogen and oxygen atoms in total. The van der Waals surface area contributed by atoms with Gasteiger partial charge in [0, 0.05) is 26.9 Å². The molecule has 0 unspecified atom stereocenters. The van der Waals surface area contributed by atoms with Crippen molar-refractivity contribution < 1.29 is 29.6 Å². The maximum atomic E-state index is 11.0. The molecule has 0 rings (SSSR count). The predicted octanol–water partition coefficient (Wildman–Crippen LogP) is 2.06. The van der Waals surface area contributed by atoms with Crippen LogP contribution in [0.3, 0.4) is 0 Å². The quantitative estimate of drug-likeness (QED) is 0.0961. The number of carbonyl (C=O) groups is 4. The zero-order chi connectivity index (χ0) is 24.2. The zero-order valence-corrected chi connectivity index (χ0v) is 21.5. The van der Waals surface area contributed by atoms with E-state index in [1.54, 1.807) is 0 Å². The largest absolute Gasteiger partial charge is 0.355 e. The Bertz CT molecular complexity index is 436. The van der Waals surface area contributed by atoms with Gasteiger partial charge in [-0.2, -0.15) is 12.6 Å². The maximum Gasteiger partial charge on any atom is 0.240 e. The van der Waals surface area contributed by atoms with E-state index < -0.39 is 5.91 Å². The Hall–Kier alpha value is -1.05. The Morgan fingerprint density at radius 1 is 0.871 bits per heavy atom. The van der Waals surface area contributed by atoms with Crippen LogP contribution in [0.4, 0.5) is 0 Å². The van der Waals surface area contributed by atoms with Crippen molar-refractivity contribution in [3.05, 3.63) is 0 Å². The third kappa shape index (κ3) is 52.8. The molecule has 3 amide bonds. The molecule has 0 aromatic carbocycles. The summed E-state index contributed by atoms with van der Waals surface area (Å²) in [6.45, 7) is 8.47. The number of halogens is 1. The Morgan fingerprint density at radius 3 is 1.55 bits per heavy atom. The van der Waals surface area contributed by atoms with E-state index in [4.69, 9.17) is 10.4 Å². The monoisotopic (exact) mass is 508 g/mol. The summed E-state index contributed by atoms with van der Waals surface area (Å²) in [6.07, 6.45) is 6.77. The zero-order valence-electron chi connectivity index (χ0n) is 18.9. The molecule has 13 heteroatoms. The van der Waals surface area contributed by atoms with Crippen LogP contribution in [-0.2, 0) is 19.2 Å². The van der Waals surface area contributed by atoms with Crippen LogP contribution >= 0.6 is 36.8 Å². The molecule has 0 aliphatic rings. The fourth-order valence-electron chi connectivity index (χ4n) is 1.48. The van der Waals surface area contributed by atoms with Gasteiger partial charge in [0.15, 0.2) is 5.12 Å². The second-order valence-electron chi connectivity index (χ2n) is 5.72. The van der Waals surface area contributed by atoms with Crippen LogP contribution in [0.15, 0.2) is 0 Å². The first-order chi connectivity index (χ1) is 14.2. The van der Waals surface area contributed by atoms with Gasteiger partial charge in [0.25, 0.3) is 0 Å². The summed E-state index contributed by atoms with van der Waals surface area (Å²) < 4.78 is 0. The topological polar surface area (TPSA) is 171 Å². The molecule has 0 heterocycles. The molecule has 0 saturated heterocycles. The van der Waals surface area contributed by atoms with Gasteiger partial charge in [0.2, 0.25) is 17.7 Å². The minimum absolute atomic E-state index is 0. The molecular weight excluding hydrogens is 468 g/mol. The molecule has 7 N–H and O–H groups in total. The molecule has 0 aliphatic carbocycles. The van der Waals surface area contributed by atoms with Crippen molar-refractivity contribution in [3.63, 3.8) is 0 Å². The average molecular weight is 509 g/mol. The minimum Gasteiger partial charge on any atom is -0.355 e. The van der Waals surface area contributed by atoms with Gasteiger partial charge in [-0.3, -0.25) is 24.4 Å². The first kappa shape index (κ1) is 40.3. The first-order valence-electron chi connectivity index (χ1n) is 9.69. The number of hydrogen-bond donors (Lipinski definition) is 7. The van der Waals surface area contributed by atoms with Crippen molar-refractivity contribution in [2.75, 3.05) is 24.6 Å². The predicted molar refractivity (Wildman–Crippen MR) is 131 cm³/mol. The Labute approximate surface area is 202 Å². The minimum atomic E-state index is -0.440. The summed E-state index contributed by atoms with van der Waals surface area (Å²) in [4.78, 5) is 41.6. The van der Waals surface area contributed by atoms with Crippen molar-refractivity contribution in [2.24, 2.45) is 5.90 Å². The van der Waals surface area contributed by atoms with Crippen molar-refractivity contribution in [3.8, 4) is 0 Å². The van der Waals surface area contributed by atoms with E-state index in [0.717, 1.165) is 50.5 Å². The Morgan fingerprint density at radius 2 is 1.26 bits per heavy atom. The molecule has 31 heavy (non-hydrogen) atoms. The highest BCUT2D eigenvalue weighted by Crippen LogP contribution is 1.99. The second kappa shape index (κ2) is 36.3. The number of nitrogens with two attached hydrogens (primary N) is 1. The number of thiol groups is 1. The number of hydroxylamine groups is 1. The number of rotatable bonds is 11. The highest BCUT2D eigenvalue weighted by atomic mass is 35.5. The van der Waals surface area contributed by atoms with Gasteiger partial charge in [-0.1, -0.05) is 51.3 Å². The molecule has 0 bridgehead atoms. The molecule has 0 aromatic heterocycles. The lowest BCUT2D eigenvalue weighted by Crippen LogP contribution is -2.26. The van der Waals surface area contributed by atoms with Crippen molar-refractivity contribution in [2.45, 2.75) is 66.2 Å². The molecule has 0 aliphatic heterocycles. The van der Waals surface area contributed by atoms with Gasteiger partial charge >= 0.3 is 0 Å². The summed E-state index contributed by atoms with van der Waals surface area (Å²) in [5.74, 6) is 3.59. The third-order valence-corrected chi connectivity index (χ3v) is 4.01. The number of nitrogens with one attached hydrogen (secondary N) is 3. The van der Waals surface area contributed by atoms with Crippen LogP contribution in [0, 0.1) is 0 Å². The summed E-state index contributed by atoms with van der Waals surface area (Å²) in [5.41, 5.74) is 1.39. The van der Waals surface area contributed by atoms with E-state index in [-0.39, 0.29) is 35.1 Å². The number of hydrogen-bond acceptors (Lipinski definition) is 9. The van der Waals surface area contributed by atoms with Gasteiger partial charge < -0.3 is 15.8 Å². The normalized spacial score (nSPS) is 8.39. The summed E-state index contributed by atoms with van der Waals surface area (Å²) in [7, 11) is 0. The van der Waals surface area contributed by atoms with Gasteiger partial charge in [0.05, 0.1) is 11.5 Å². The molecular formula is C18H41ClN4O6S2. The van der Waals surface area contributed by atoms with Crippen LogP contribution in [0.5, 0.6) is 0 Å². The smallest absolute Gasteiger partial charge is 0.240 e. The second-order valence-corrected chi connectivity index (χ2v) is 7.19. The lowest BCUT2D eigenvalue weighted by molar-refractivity contribution is -0.127. The highest BCUT2D eigenvalue weighted by Gasteiger charge is 2.02. The molecule has 0 saturated carbocycles. The summed E-state index contributed by atoms with van der Waals surface area (Å²) >= 11 is 4.88. The van der Waals surface area contributed by atoms with Crippen LogP contribution in [0.25, 0.3) is 0 Å². The van der Waals surface area contributed by atoms with E-state index in [1.165, 1.54) is 32.2 Å². The van der Waals surface area contributed by atoms with Crippen LogP contribution in [0.1, 0.15) is 66.2 Å². The molecule has 0 aromatic rings. The highest BCUT2D eigenvalue weighted by molar-refractivity contribution is 8.14. The summed E-state index contributed by atoms with van der Waals surface area (Å²) in [6, 6.07) is 0. The van der Waals surface area contributed by atoms with Crippen LogP contribution in [-0.4, -0.2) is 57.8 Å². The van der Waals surface area contributed by atoms with Gasteiger partial charge in [0.1, 0.15) is 0 Å². The molecule has 188 valence electrons. The van der Waals surface area contributed by atoms with Gasteiger partial charge in [-0.15, -0.1) is 12.4 Å². The van der Waals surface area contributed by atoms with Crippen molar-refractivity contribution in [1.29, 1.82) is 0 Å². The number of thioether (sulfide) groups is 1. The molecule has 0 spiro atoms. The lowest BCUT2D eigenvalue weighted by Gasteiger charge is -2.02. The summed E-state index contributed by atoms with van der Waals surface area (Å²) in [5, 5.41) is 19.5. The number of unbranched alkanes of at least 4 members (excludes halogenated alkanes) is 4. The average Bonchev–Trinajstić information content (AvgIpc) is 2.75. The maximum absolute atomic E-state index is 11.0. The fourth-order valence-corrected chi connectivity index (χ4v) is 2.03. The number of amides is 3. The molecule has 0 atom stereocenters. The van der Waals surface area contributed by atoms with Crippen LogP contribution < -0.4 is 22.0 Å². The van der Waals surface area contributed by atoms with E-state index in [1.807, 2.05) is 0 Å². The van der Waals surface area contributed by atoms with Crippen LogP contribution in [0.2, 0.25) is 0 Å². The number of carbonyl (C=O) groups excluding carboxylic acids is 4. The molecule has 0 radical (unpaired) electrons. The van der Waals surface area contributed by atoms with E-state index in [9.17, 15) is 19.2 Å². The van der Waals surface area contributed by atoms with E-state index >= 15 is 0 Å². The van der Waals surface area contributed by atoms with Crippen molar-refractivity contribution >= 4 is 59.6 Å². The van der Waals surface area contributed by atoms with Gasteiger partial charge in [-0.05, 0) is 12.8 Å². The van der Waals surface area contributed by atoms with Gasteiger partial charge in [-0.25, -0.2) is 11.4 Å². The van der Waals surface area contributed by atoms with E-state index in [0.29, 0.717) is 5.75 Å². The lowest BCUT2D eigenvalue weighted by atomic mass is 10.2. The third-order valence-electron chi connectivity index (χ3n) is 2.91. The van der Waals surface area contributed by atoms with Crippen molar-refractivity contribution in [1.82, 2.24) is 16.1 Å². The Balaban J connectivity index is -0.000000111. The standard InChI is InChI=1S/C9H17NO2S.C7H15NOS.C2H5NO2.ClH.H3NO/c1-3-4-5-6-10-9(12)7-13-8(2)11;1-2-3-4-5-8-7(9)6-10;1-2(4)3-5;;1-2/h3-7H2,1-2H3,(H,10,12);10H,2-6H2,1H3,(H,8,9);5H,1H3,(H,3,4);1H;2H,1H2. The van der Waals surface area contributed by atoms with E-state index in [2.05, 4.69) is 43.0 Å². The fraction of sp³-hybridized carbons (Fsp3) is 0.778. The first-order valence-corrected chi connectivity index (χ1v) is 11.3. The SMILES string of the molecule is CC(=O)NO.CCCCCNC(=O)CS.CCCCCNC(=O)CSC(C)=O.Cl.NO. The Kier molecular flexibility index (Phi) is 47.3. The molecule has 0 fully saturated rings.